The summed E-state index contributed by atoms with van der Waals surface area (Å²) in [6.45, 7) is 0. The Morgan fingerprint density at radius 1 is 0.676 bits per heavy atom. The Kier molecular flexibility index (Phi) is 5.59. The van der Waals surface area contributed by atoms with Crippen molar-refractivity contribution in [2.75, 3.05) is 0 Å². The van der Waals surface area contributed by atoms with Gasteiger partial charge in [0, 0.05) is 16.7 Å². The molecule has 0 atom stereocenters. The van der Waals surface area contributed by atoms with Gasteiger partial charge in [0.2, 0.25) is 0 Å². The maximum absolute atomic E-state index is 14.8. The SMILES string of the molecule is Fc1cc2cc(C(F)(F)Oc3c(F)cc4ccccc4c3F)ccc2c(F)c1C#CC(F)(F)F. The molecule has 4 aromatic rings. The molecule has 0 saturated carbocycles. The first-order valence-electron chi connectivity index (χ1n) is 9.33. The van der Waals surface area contributed by atoms with Crippen LogP contribution in [0.5, 0.6) is 5.75 Å². The van der Waals surface area contributed by atoms with Crippen molar-refractivity contribution in [2.45, 2.75) is 12.3 Å². The molecule has 0 radical (unpaired) electrons. The lowest BCUT2D eigenvalue weighted by Crippen LogP contribution is -2.23. The molecule has 0 amide bonds. The van der Waals surface area contributed by atoms with Gasteiger partial charge in [-0.1, -0.05) is 36.3 Å². The molecule has 4 aromatic carbocycles. The van der Waals surface area contributed by atoms with E-state index in [2.05, 4.69) is 4.74 Å². The summed E-state index contributed by atoms with van der Waals surface area (Å²) in [6, 6.07) is 8.76. The van der Waals surface area contributed by atoms with Crippen molar-refractivity contribution in [2.24, 2.45) is 0 Å². The van der Waals surface area contributed by atoms with Crippen molar-refractivity contribution in [1.82, 2.24) is 0 Å². The minimum atomic E-state index is -5.01. The van der Waals surface area contributed by atoms with Crippen LogP contribution in [0, 0.1) is 35.1 Å². The molecular formula is C24H9F9O. The van der Waals surface area contributed by atoms with Gasteiger partial charge in [0.15, 0.2) is 17.4 Å². The Morgan fingerprint density at radius 2 is 1.32 bits per heavy atom. The average molecular weight is 484 g/mol. The molecule has 1 nitrogen and oxygen atoms in total. The van der Waals surface area contributed by atoms with Crippen molar-refractivity contribution >= 4 is 21.5 Å². The Balaban J connectivity index is 1.76. The lowest BCUT2D eigenvalue weighted by molar-refractivity contribution is -0.188. The van der Waals surface area contributed by atoms with Crippen molar-refractivity contribution in [3.05, 3.63) is 89.0 Å². The molecule has 0 aliphatic heterocycles. The maximum Gasteiger partial charge on any atom is 0.458 e. The average Bonchev–Trinajstić information content (AvgIpc) is 2.75. The van der Waals surface area contributed by atoms with Gasteiger partial charge in [0.25, 0.3) is 0 Å². The number of rotatable bonds is 3. The highest BCUT2D eigenvalue weighted by Gasteiger charge is 2.37. The first-order valence-corrected chi connectivity index (χ1v) is 9.33. The molecular weight excluding hydrogens is 475 g/mol. The predicted octanol–water partition coefficient (Wildman–Crippen LogP) is 7.59. The fourth-order valence-corrected chi connectivity index (χ4v) is 3.29. The molecule has 10 heteroatoms. The number of hydrogen-bond donors (Lipinski definition) is 0. The minimum Gasteiger partial charge on any atom is -0.423 e. The second-order valence-corrected chi connectivity index (χ2v) is 7.07. The molecule has 0 saturated heterocycles. The summed E-state index contributed by atoms with van der Waals surface area (Å²) in [5.41, 5.74) is -2.21. The highest BCUT2D eigenvalue weighted by Crippen LogP contribution is 2.38. The number of hydrogen-bond acceptors (Lipinski definition) is 1. The van der Waals surface area contributed by atoms with Gasteiger partial charge in [-0.15, -0.1) is 0 Å². The number of halogens is 9. The van der Waals surface area contributed by atoms with Crippen LogP contribution in [-0.4, -0.2) is 6.18 Å². The molecule has 174 valence electrons. The van der Waals surface area contributed by atoms with Gasteiger partial charge in [0.05, 0.1) is 11.1 Å². The third-order valence-electron chi connectivity index (χ3n) is 4.82. The second kappa shape index (κ2) is 8.17. The monoisotopic (exact) mass is 484 g/mol. The number of fused-ring (bicyclic) bond motifs is 2. The second-order valence-electron chi connectivity index (χ2n) is 7.07. The van der Waals surface area contributed by atoms with Crippen LogP contribution in [0.2, 0.25) is 0 Å². The minimum absolute atomic E-state index is 0.106. The van der Waals surface area contributed by atoms with E-state index in [0.29, 0.717) is 18.2 Å². The van der Waals surface area contributed by atoms with Gasteiger partial charge in [-0.05, 0) is 35.0 Å². The molecule has 0 bridgehead atoms. The molecule has 0 heterocycles. The normalized spacial score (nSPS) is 12.0. The van der Waals surface area contributed by atoms with Gasteiger partial charge >= 0.3 is 12.3 Å². The topological polar surface area (TPSA) is 9.23 Å². The highest BCUT2D eigenvalue weighted by molar-refractivity contribution is 5.86. The predicted molar refractivity (Wildman–Crippen MR) is 105 cm³/mol. The van der Waals surface area contributed by atoms with Crippen LogP contribution in [0.1, 0.15) is 11.1 Å². The third kappa shape index (κ3) is 4.33. The summed E-state index contributed by atoms with van der Waals surface area (Å²) < 4.78 is 128. The van der Waals surface area contributed by atoms with Gasteiger partial charge < -0.3 is 4.74 Å². The molecule has 0 fully saturated rings. The van der Waals surface area contributed by atoms with E-state index in [4.69, 9.17) is 0 Å². The summed E-state index contributed by atoms with van der Waals surface area (Å²) in [5, 5.41) is -1.04. The molecule has 0 aliphatic rings. The van der Waals surface area contributed by atoms with E-state index in [9.17, 15) is 39.5 Å². The molecule has 0 N–H and O–H groups in total. The van der Waals surface area contributed by atoms with Crippen LogP contribution in [0.15, 0.2) is 54.6 Å². The zero-order valence-electron chi connectivity index (χ0n) is 16.5. The van der Waals surface area contributed by atoms with E-state index in [1.165, 1.54) is 30.2 Å². The van der Waals surface area contributed by atoms with Crippen LogP contribution in [-0.2, 0) is 6.11 Å². The van der Waals surface area contributed by atoms with Crippen LogP contribution in [0.25, 0.3) is 21.5 Å². The lowest BCUT2D eigenvalue weighted by Gasteiger charge is -2.20. The van der Waals surface area contributed by atoms with Crippen molar-refractivity contribution in [1.29, 1.82) is 0 Å². The summed E-state index contributed by atoms with van der Waals surface area (Å²) in [4.78, 5) is 0. The van der Waals surface area contributed by atoms with Crippen LogP contribution in [0.4, 0.5) is 39.5 Å². The fraction of sp³-hybridized carbons (Fsp3) is 0.0833. The quantitative estimate of drug-likeness (QED) is 0.215. The van der Waals surface area contributed by atoms with Gasteiger partial charge in [-0.25, -0.2) is 17.6 Å². The Bertz CT molecular complexity index is 1490. The molecule has 0 unspecified atom stereocenters. The number of ether oxygens (including phenoxy) is 1. The number of alkyl halides is 5. The lowest BCUT2D eigenvalue weighted by atomic mass is 10.0. The number of benzene rings is 4. The van der Waals surface area contributed by atoms with E-state index in [-0.39, 0.29) is 10.8 Å². The molecule has 4 rings (SSSR count). The van der Waals surface area contributed by atoms with E-state index >= 15 is 0 Å². The van der Waals surface area contributed by atoms with E-state index in [1.807, 2.05) is 0 Å². The van der Waals surface area contributed by atoms with Crippen molar-refractivity contribution in [3.8, 4) is 17.6 Å². The molecule has 0 aliphatic carbocycles. The van der Waals surface area contributed by atoms with E-state index < -0.39 is 63.2 Å². The Hall–Kier alpha value is -3.87. The van der Waals surface area contributed by atoms with Crippen LogP contribution in [0.3, 0.4) is 0 Å². The van der Waals surface area contributed by atoms with Gasteiger partial charge in [-0.3, -0.25) is 0 Å². The zero-order valence-corrected chi connectivity index (χ0v) is 16.5. The molecule has 0 aromatic heterocycles. The van der Waals surface area contributed by atoms with Crippen LogP contribution >= 0.6 is 0 Å². The summed E-state index contributed by atoms with van der Waals surface area (Å²) in [7, 11) is 0. The summed E-state index contributed by atoms with van der Waals surface area (Å²) in [6.07, 6.45) is -9.36. The van der Waals surface area contributed by atoms with Crippen molar-refractivity contribution < 1.29 is 44.3 Å². The summed E-state index contributed by atoms with van der Waals surface area (Å²) >= 11 is 0. The Morgan fingerprint density at radius 3 is 2.03 bits per heavy atom. The van der Waals surface area contributed by atoms with Crippen molar-refractivity contribution in [3.63, 3.8) is 0 Å². The smallest absolute Gasteiger partial charge is 0.423 e. The first-order chi connectivity index (χ1) is 15.9. The largest absolute Gasteiger partial charge is 0.458 e. The van der Waals surface area contributed by atoms with Gasteiger partial charge in [-0.2, -0.15) is 22.0 Å². The molecule has 34 heavy (non-hydrogen) atoms. The maximum atomic E-state index is 14.8. The Labute approximate surface area is 185 Å². The first kappa shape index (κ1) is 23.3. The molecule has 0 spiro atoms. The van der Waals surface area contributed by atoms with E-state index in [1.54, 1.807) is 0 Å². The standard InChI is InChI=1S/C24H9F9O/c25-18-11-13-9-14(5-6-16(13)20(27)17(18)7-8-23(29,30)31)24(32,33)34-22-19(26)10-12-3-1-2-4-15(12)21(22)28/h1-6,9-11H. The third-order valence-corrected chi connectivity index (χ3v) is 4.82. The van der Waals surface area contributed by atoms with Gasteiger partial charge in [0.1, 0.15) is 11.6 Å². The van der Waals surface area contributed by atoms with Crippen LogP contribution < -0.4 is 4.74 Å². The summed E-state index contributed by atoms with van der Waals surface area (Å²) in [5.74, 6) is -5.08. The zero-order chi connectivity index (χ0) is 24.8. The van der Waals surface area contributed by atoms with E-state index in [0.717, 1.165) is 18.1 Å². The fourth-order valence-electron chi connectivity index (χ4n) is 3.29. The highest BCUT2D eigenvalue weighted by atomic mass is 19.4.